The first-order valence-corrected chi connectivity index (χ1v) is 11.9. The lowest BCUT2D eigenvalue weighted by molar-refractivity contribution is 0.0952. The van der Waals surface area contributed by atoms with Crippen molar-refractivity contribution in [3.8, 4) is 0 Å². The third-order valence-electron chi connectivity index (χ3n) is 4.62. The van der Waals surface area contributed by atoms with E-state index < -0.39 is 7.82 Å². The minimum atomic E-state index is -3.88. The van der Waals surface area contributed by atoms with Gasteiger partial charge in [0.25, 0.3) is 5.91 Å². The molecule has 2 aromatic rings. The van der Waals surface area contributed by atoms with Gasteiger partial charge >= 0.3 is 7.82 Å². The number of nitrogens with zero attached hydrogens (tertiary/aromatic N) is 3. The van der Waals surface area contributed by atoms with Gasteiger partial charge < -0.3 is 15.1 Å². The normalized spacial score (nSPS) is 13.1. The highest BCUT2D eigenvalue weighted by Crippen LogP contribution is 2.41. The Bertz CT molecular complexity index is 917. The maximum Gasteiger partial charge on any atom is 0.471 e. The summed E-state index contributed by atoms with van der Waals surface area (Å²) in [5, 5.41) is 11.3. The van der Waals surface area contributed by atoms with Gasteiger partial charge in [-0.1, -0.05) is 12.8 Å². The Kier molecular flexibility index (Phi) is 10.5. The van der Waals surface area contributed by atoms with E-state index >= 15 is 0 Å². The SMILES string of the molecule is COP(=O)(O)OCCCCCCNC(=O)c1ccc(/N=N/c2ccc(N(C)C)cc2)cc1. The summed E-state index contributed by atoms with van der Waals surface area (Å²) in [6, 6.07) is 14.7. The van der Waals surface area contributed by atoms with Crippen LogP contribution in [0.4, 0.5) is 17.1 Å². The molecular weight excluding hydrogens is 431 g/mol. The van der Waals surface area contributed by atoms with E-state index in [-0.39, 0.29) is 12.5 Å². The Labute approximate surface area is 189 Å². The average Bonchev–Trinajstić information content (AvgIpc) is 2.79. The van der Waals surface area contributed by atoms with E-state index in [9.17, 15) is 9.36 Å². The largest absolute Gasteiger partial charge is 0.471 e. The van der Waals surface area contributed by atoms with Crippen LogP contribution in [0, 0.1) is 0 Å². The number of unbranched alkanes of at least 4 members (excludes halogenated alkanes) is 3. The number of amides is 1. The maximum atomic E-state index is 12.2. The molecule has 174 valence electrons. The summed E-state index contributed by atoms with van der Waals surface area (Å²) in [6.45, 7) is 0.722. The predicted molar refractivity (Wildman–Crippen MR) is 125 cm³/mol. The molecule has 10 heteroatoms. The number of phosphoric acid groups is 1. The number of anilines is 1. The standard InChI is InChI=1S/C22H31N4O5P/c1-26(2)21-14-12-20(13-15-21)25-24-19-10-8-18(9-11-19)22(27)23-16-6-4-5-7-17-31-32(28,29)30-3/h8-15H,4-7,16-17H2,1-3H3,(H,23,27)(H,28,29)/b25-24+. The molecule has 0 radical (unpaired) electrons. The second kappa shape index (κ2) is 13.1. The van der Waals surface area contributed by atoms with E-state index in [0.717, 1.165) is 37.7 Å². The van der Waals surface area contributed by atoms with Crippen molar-refractivity contribution in [2.45, 2.75) is 25.7 Å². The van der Waals surface area contributed by atoms with Crippen molar-refractivity contribution in [2.75, 3.05) is 39.3 Å². The Hall–Kier alpha value is -2.58. The van der Waals surface area contributed by atoms with Crippen molar-refractivity contribution in [3.05, 3.63) is 54.1 Å². The number of rotatable bonds is 13. The van der Waals surface area contributed by atoms with Gasteiger partial charge in [0, 0.05) is 39.0 Å². The number of carbonyl (C=O) groups is 1. The van der Waals surface area contributed by atoms with Crippen LogP contribution in [-0.2, 0) is 13.6 Å². The van der Waals surface area contributed by atoms with E-state index in [4.69, 9.17) is 9.42 Å². The lowest BCUT2D eigenvalue weighted by Gasteiger charge is -2.11. The van der Waals surface area contributed by atoms with Crippen LogP contribution in [0.1, 0.15) is 36.0 Å². The molecule has 1 atom stereocenters. The van der Waals surface area contributed by atoms with Gasteiger partial charge in [0.2, 0.25) is 0 Å². The fourth-order valence-electron chi connectivity index (χ4n) is 2.73. The Morgan fingerprint density at radius 2 is 1.53 bits per heavy atom. The molecule has 0 bridgehead atoms. The number of hydrogen-bond donors (Lipinski definition) is 2. The number of carbonyl (C=O) groups excluding carboxylic acids is 1. The topological polar surface area (TPSA) is 113 Å². The van der Waals surface area contributed by atoms with Gasteiger partial charge in [-0.05, 0) is 61.4 Å². The fraction of sp³-hybridized carbons (Fsp3) is 0.409. The summed E-state index contributed by atoms with van der Waals surface area (Å²) >= 11 is 0. The summed E-state index contributed by atoms with van der Waals surface area (Å²) in [4.78, 5) is 23.4. The smallest absolute Gasteiger partial charge is 0.378 e. The number of benzene rings is 2. The molecular formula is C22H31N4O5P. The maximum absolute atomic E-state index is 12.2. The second-order valence-corrected chi connectivity index (χ2v) is 8.87. The second-order valence-electron chi connectivity index (χ2n) is 7.31. The molecule has 1 unspecified atom stereocenters. The van der Waals surface area contributed by atoms with Gasteiger partial charge in [-0.15, -0.1) is 0 Å². The van der Waals surface area contributed by atoms with Crippen LogP contribution < -0.4 is 10.2 Å². The van der Waals surface area contributed by atoms with Crippen LogP contribution in [0.25, 0.3) is 0 Å². The van der Waals surface area contributed by atoms with Crippen LogP contribution >= 0.6 is 7.82 Å². The molecule has 0 aromatic heterocycles. The van der Waals surface area contributed by atoms with Crippen molar-refractivity contribution in [3.63, 3.8) is 0 Å². The van der Waals surface area contributed by atoms with Crippen LogP contribution in [0.2, 0.25) is 0 Å². The predicted octanol–water partition coefficient (Wildman–Crippen LogP) is 5.22. The quantitative estimate of drug-likeness (QED) is 0.240. The molecule has 0 aliphatic rings. The summed E-state index contributed by atoms with van der Waals surface area (Å²) in [5.74, 6) is -0.141. The summed E-state index contributed by atoms with van der Waals surface area (Å²) in [6.07, 6.45) is 3.17. The van der Waals surface area contributed by atoms with Gasteiger partial charge in [0.05, 0.1) is 18.0 Å². The summed E-state index contributed by atoms with van der Waals surface area (Å²) in [7, 11) is 1.21. The third-order valence-corrected chi connectivity index (χ3v) is 5.59. The monoisotopic (exact) mass is 462 g/mol. The van der Waals surface area contributed by atoms with E-state index in [1.54, 1.807) is 24.3 Å². The molecule has 0 heterocycles. The highest BCUT2D eigenvalue weighted by molar-refractivity contribution is 7.47. The van der Waals surface area contributed by atoms with Crippen molar-refractivity contribution in [2.24, 2.45) is 10.2 Å². The zero-order chi connectivity index (χ0) is 23.4. The molecule has 0 fully saturated rings. The van der Waals surface area contributed by atoms with E-state index in [0.29, 0.717) is 24.2 Å². The average molecular weight is 462 g/mol. The molecule has 2 aromatic carbocycles. The molecule has 0 saturated carbocycles. The van der Waals surface area contributed by atoms with Crippen LogP contribution in [0.5, 0.6) is 0 Å². The molecule has 0 saturated heterocycles. The fourth-order valence-corrected chi connectivity index (χ4v) is 3.19. The van der Waals surface area contributed by atoms with Crippen LogP contribution in [-0.4, -0.2) is 45.2 Å². The van der Waals surface area contributed by atoms with Gasteiger partial charge in [0.15, 0.2) is 0 Å². The number of hydrogen-bond acceptors (Lipinski definition) is 7. The van der Waals surface area contributed by atoms with Gasteiger partial charge in [-0.3, -0.25) is 13.8 Å². The molecule has 32 heavy (non-hydrogen) atoms. The van der Waals surface area contributed by atoms with E-state index in [2.05, 4.69) is 20.1 Å². The Morgan fingerprint density at radius 1 is 0.969 bits per heavy atom. The molecule has 0 spiro atoms. The van der Waals surface area contributed by atoms with Crippen molar-refractivity contribution < 1.29 is 23.3 Å². The van der Waals surface area contributed by atoms with E-state index in [1.807, 2.05) is 43.3 Å². The molecule has 0 aliphatic heterocycles. The first kappa shape index (κ1) is 25.7. The van der Waals surface area contributed by atoms with Gasteiger partial charge in [-0.2, -0.15) is 10.2 Å². The zero-order valence-electron chi connectivity index (χ0n) is 18.7. The number of phosphoric ester groups is 1. The van der Waals surface area contributed by atoms with Crippen LogP contribution in [0.15, 0.2) is 58.8 Å². The van der Waals surface area contributed by atoms with Crippen molar-refractivity contribution in [1.29, 1.82) is 0 Å². The zero-order valence-corrected chi connectivity index (χ0v) is 19.6. The highest BCUT2D eigenvalue weighted by Gasteiger charge is 2.17. The first-order chi connectivity index (χ1) is 15.3. The molecule has 0 aliphatic carbocycles. The highest BCUT2D eigenvalue weighted by atomic mass is 31.2. The minimum absolute atomic E-state index is 0.141. The molecule has 1 amide bonds. The Morgan fingerprint density at radius 3 is 2.09 bits per heavy atom. The Balaban J connectivity index is 1.68. The lowest BCUT2D eigenvalue weighted by Crippen LogP contribution is -2.24. The molecule has 2 N–H and O–H groups in total. The van der Waals surface area contributed by atoms with Gasteiger partial charge in [0.1, 0.15) is 0 Å². The van der Waals surface area contributed by atoms with Crippen molar-refractivity contribution >= 4 is 30.8 Å². The molecule has 2 rings (SSSR count). The number of azo groups is 1. The first-order valence-electron chi connectivity index (χ1n) is 10.4. The summed E-state index contributed by atoms with van der Waals surface area (Å²) in [5.41, 5.74) is 3.08. The third kappa shape index (κ3) is 9.28. The number of nitrogens with one attached hydrogen (secondary N) is 1. The van der Waals surface area contributed by atoms with Crippen LogP contribution in [0.3, 0.4) is 0 Å². The summed E-state index contributed by atoms with van der Waals surface area (Å²) < 4.78 is 20.2. The lowest BCUT2D eigenvalue weighted by atomic mass is 10.2. The van der Waals surface area contributed by atoms with Gasteiger partial charge in [-0.25, -0.2) is 4.57 Å². The minimum Gasteiger partial charge on any atom is -0.378 e. The van der Waals surface area contributed by atoms with E-state index in [1.165, 1.54) is 0 Å². The van der Waals surface area contributed by atoms with Crippen molar-refractivity contribution in [1.82, 2.24) is 5.32 Å². The molecule has 9 nitrogen and oxygen atoms in total.